The Kier molecular flexibility index (Phi) is 5.12. The van der Waals surface area contributed by atoms with Crippen LogP contribution >= 0.6 is 23.7 Å². The molecule has 1 heterocycles. The van der Waals surface area contributed by atoms with Crippen LogP contribution in [0.1, 0.15) is 11.8 Å². The highest BCUT2D eigenvalue weighted by atomic mass is 35.5. The van der Waals surface area contributed by atoms with Crippen LogP contribution in [-0.2, 0) is 11.2 Å². The highest BCUT2D eigenvalue weighted by molar-refractivity contribution is 7.09. The predicted octanol–water partition coefficient (Wildman–Crippen LogP) is 1.76. The third kappa shape index (κ3) is 2.97. The fourth-order valence-electron chi connectivity index (χ4n) is 1.03. The average Bonchev–Trinajstić information content (AvgIpc) is 2.56. The van der Waals surface area contributed by atoms with E-state index in [2.05, 4.69) is 0 Å². The topological polar surface area (TPSA) is 63.3 Å². The smallest absolute Gasteiger partial charge is 0.311 e. The van der Waals surface area contributed by atoms with Crippen LogP contribution in [0.3, 0.4) is 0 Å². The van der Waals surface area contributed by atoms with Gasteiger partial charge >= 0.3 is 5.97 Å². The van der Waals surface area contributed by atoms with E-state index in [0.29, 0.717) is 6.42 Å². The lowest BCUT2D eigenvalue weighted by molar-refractivity contribution is -0.147. The summed E-state index contributed by atoms with van der Waals surface area (Å²) < 4.78 is 0. The lowest BCUT2D eigenvalue weighted by Gasteiger charge is -2.21. The first kappa shape index (κ1) is 13.4. The van der Waals surface area contributed by atoms with Gasteiger partial charge in [0, 0.05) is 11.4 Å². The lowest BCUT2D eigenvalue weighted by atomic mass is 9.86. The van der Waals surface area contributed by atoms with Crippen LogP contribution in [0, 0.1) is 5.41 Å². The third-order valence-electron chi connectivity index (χ3n) is 2.11. The number of carboxylic acids is 1. The number of aliphatic carboxylic acids is 1. The first-order valence-electron chi connectivity index (χ1n) is 4.04. The molecule has 0 amide bonds. The minimum absolute atomic E-state index is 0. The molecule has 14 heavy (non-hydrogen) atoms. The molecule has 0 spiro atoms. The van der Waals surface area contributed by atoms with Gasteiger partial charge in [-0.2, -0.15) is 0 Å². The largest absolute Gasteiger partial charge is 0.481 e. The molecule has 1 rings (SSSR count). The van der Waals surface area contributed by atoms with E-state index in [1.807, 2.05) is 17.5 Å². The van der Waals surface area contributed by atoms with Crippen LogP contribution in [0.2, 0.25) is 0 Å². The van der Waals surface area contributed by atoms with E-state index in [4.69, 9.17) is 10.8 Å². The van der Waals surface area contributed by atoms with Crippen LogP contribution in [0.4, 0.5) is 0 Å². The monoisotopic (exact) mass is 235 g/mol. The van der Waals surface area contributed by atoms with E-state index in [1.54, 1.807) is 18.3 Å². The normalized spacial score (nSPS) is 14.1. The Hall–Kier alpha value is -0.580. The number of halogens is 1. The summed E-state index contributed by atoms with van der Waals surface area (Å²) in [6, 6.07) is 3.85. The Morgan fingerprint density at radius 1 is 1.71 bits per heavy atom. The molecule has 80 valence electrons. The summed E-state index contributed by atoms with van der Waals surface area (Å²) in [6.45, 7) is 1.84. The Morgan fingerprint density at radius 3 is 2.71 bits per heavy atom. The van der Waals surface area contributed by atoms with Crippen molar-refractivity contribution in [3.8, 4) is 0 Å². The van der Waals surface area contributed by atoms with Gasteiger partial charge in [-0.1, -0.05) is 6.07 Å². The van der Waals surface area contributed by atoms with Gasteiger partial charge in [-0.05, 0) is 24.8 Å². The van der Waals surface area contributed by atoms with Crippen molar-refractivity contribution < 1.29 is 9.90 Å². The van der Waals surface area contributed by atoms with Gasteiger partial charge in [0.1, 0.15) is 0 Å². The number of thiophene rings is 1. The fraction of sp³-hybridized carbons (Fsp3) is 0.444. The van der Waals surface area contributed by atoms with Gasteiger partial charge in [-0.15, -0.1) is 23.7 Å². The molecule has 0 bridgehead atoms. The molecule has 1 unspecified atom stereocenters. The molecule has 0 aromatic carbocycles. The van der Waals surface area contributed by atoms with E-state index >= 15 is 0 Å². The second-order valence-corrected chi connectivity index (χ2v) is 4.36. The van der Waals surface area contributed by atoms with Gasteiger partial charge in [0.05, 0.1) is 5.41 Å². The molecular formula is C9H14ClNO2S. The molecular weight excluding hydrogens is 222 g/mol. The highest BCUT2D eigenvalue weighted by Crippen LogP contribution is 2.24. The molecule has 3 N–H and O–H groups in total. The summed E-state index contributed by atoms with van der Waals surface area (Å²) in [6.07, 6.45) is 0.510. The molecule has 5 heteroatoms. The molecule has 0 fully saturated rings. The van der Waals surface area contributed by atoms with E-state index in [0.717, 1.165) is 4.88 Å². The molecule has 0 aliphatic carbocycles. The van der Waals surface area contributed by atoms with Crippen molar-refractivity contribution in [2.45, 2.75) is 13.3 Å². The predicted molar refractivity (Wildman–Crippen MR) is 60.1 cm³/mol. The molecule has 0 saturated carbocycles. The van der Waals surface area contributed by atoms with Crippen LogP contribution < -0.4 is 5.73 Å². The van der Waals surface area contributed by atoms with Gasteiger partial charge in [0.2, 0.25) is 0 Å². The lowest BCUT2D eigenvalue weighted by Crippen LogP contribution is -2.37. The number of carbonyl (C=O) groups is 1. The first-order valence-corrected chi connectivity index (χ1v) is 4.92. The number of hydrogen-bond acceptors (Lipinski definition) is 3. The highest BCUT2D eigenvalue weighted by Gasteiger charge is 2.31. The summed E-state index contributed by atoms with van der Waals surface area (Å²) in [5, 5.41) is 10.9. The van der Waals surface area contributed by atoms with Crippen LogP contribution in [0.5, 0.6) is 0 Å². The summed E-state index contributed by atoms with van der Waals surface area (Å²) >= 11 is 1.56. The standard InChI is InChI=1S/C9H13NO2S.ClH/c1-9(6-10,8(11)12)5-7-3-2-4-13-7;/h2-4H,5-6,10H2,1H3,(H,11,12);1H. The first-order chi connectivity index (χ1) is 6.08. The minimum atomic E-state index is -0.830. The zero-order valence-corrected chi connectivity index (χ0v) is 9.53. The summed E-state index contributed by atoms with van der Waals surface area (Å²) in [7, 11) is 0. The Bertz CT molecular complexity index is 289. The van der Waals surface area contributed by atoms with Crippen molar-refractivity contribution in [1.29, 1.82) is 0 Å². The quantitative estimate of drug-likeness (QED) is 0.836. The maximum absolute atomic E-state index is 10.9. The maximum Gasteiger partial charge on any atom is 0.311 e. The summed E-state index contributed by atoms with van der Waals surface area (Å²) in [5.41, 5.74) is 4.62. The van der Waals surface area contributed by atoms with Crippen molar-refractivity contribution in [3.63, 3.8) is 0 Å². The van der Waals surface area contributed by atoms with Gasteiger partial charge in [0.25, 0.3) is 0 Å². The van der Waals surface area contributed by atoms with E-state index in [-0.39, 0.29) is 19.0 Å². The third-order valence-corrected chi connectivity index (χ3v) is 2.99. The Labute approximate surface area is 93.3 Å². The number of carboxylic acid groups (broad SMARTS) is 1. The maximum atomic E-state index is 10.9. The van der Waals surface area contributed by atoms with Gasteiger partial charge in [-0.25, -0.2) is 0 Å². The minimum Gasteiger partial charge on any atom is -0.481 e. The van der Waals surface area contributed by atoms with Crippen molar-refractivity contribution >= 4 is 29.7 Å². The Balaban J connectivity index is 0.00000169. The van der Waals surface area contributed by atoms with Gasteiger partial charge < -0.3 is 10.8 Å². The molecule has 0 aliphatic rings. The molecule has 1 atom stereocenters. The zero-order chi connectivity index (χ0) is 9.90. The van der Waals surface area contributed by atoms with Crippen molar-refractivity contribution in [1.82, 2.24) is 0 Å². The van der Waals surface area contributed by atoms with Gasteiger partial charge in [-0.3, -0.25) is 4.79 Å². The van der Waals surface area contributed by atoms with Crippen LogP contribution in [-0.4, -0.2) is 17.6 Å². The second kappa shape index (κ2) is 5.34. The molecule has 0 aliphatic heterocycles. The number of hydrogen-bond donors (Lipinski definition) is 2. The second-order valence-electron chi connectivity index (χ2n) is 3.33. The van der Waals surface area contributed by atoms with Crippen LogP contribution in [0.15, 0.2) is 17.5 Å². The van der Waals surface area contributed by atoms with E-state index in [9.17, 15) is 4.79 Å². The number of nitrogens with two attached hydrogens (primary N) is 1. The van der Waals surface area contributed by atoms with E-state index in [1.165, 1.54) is 0 Å². The molecule has 1 aromatic heterocycles. The van der Waals surface area contributed by atoms with Crippen LogP contribution in [0.25, 0.3) is 0 Å². The fourth-order valence-corrected chi connectivity index (χ4v) is 1.92. The SMILES string of the molecule is CC(CN)(Cc1cccs1)C(=O)O.Cl. The number of rotatable bonds is 4. The van der Waals surface area contributed by atoms with Crippen molar-refractivity contribution in [3.05, 3.63) is 22.4 Å². The summed E-state index contributed by atoms with van der Waals surface area (Å²) in [4.78, 5) is 12.0. The van der Waals surface area contributed by atoms with E-state index < -0.39 is 11.4 Å². The van der Waals surface area contributed by atoms with Crippen molar-refractivity contribution in [2.24, 2.45) is 11.1 Å². The molecule has 3 nitrogen and oxygen atoms in total. The molecule has 0 saturated heterocycles. The van der Waals surface area contributed by atoms with Crippen molar-refractivity contribution in [2.75, 3.05) is 6.54 Å². The average molecular weight is 236 g/mol. The molecule has 1 aromatic rings. The molecule has 0 radical (unpaired) electrons. The summed E-state index contributed by atoms with van der Waals surface area (Å²) in [5.74, 6) is -0.830. The zero-order valence-electron chi connectivity index (χ0n) is 7.90. The Morgan fingerprint density at radius 2 is 2.36 bits per heavy atom. The van der Waals surface area contributed by atoms with Gasteiger partial charge in [0.15, 0.2) is 0 Å².